The zero-order valence-electron chi connectivity index (χ0n) is 13.8. The van der Waals surface area contributed by atoms with E-state index in [4.69, 9.17) is 15.7 Å². The molecule has 26 heavy (non-hydrogen) atoms. The maximum atomic E-state index is 12.8. The Labute approximate surface area is 148 Å². The van der Waals surface area contributed by atoms with Gasteiger partial charge in [0, 0.05) is 6.20 Å². The number of carbonyl (C=O) groups is 1. The van der Waals surface area contributed by atoms with E-state index < -0.39 is 11.5 Å². The second-order valence-electron chi connectivity index (χ2n) is 5.52. The molecule has 0 radical (unpaired) electrons. The van der Waals surface area contributed by atoms with Crippen molar-refractivity contribution in [2.75, 3.05) is 0 Å². The summed E-state index contributed by atoms with van der Waals surface area (Å²) < 4.78 is 7.07. The third-order valence-corrected chi connectivity index (χ3v) is 3.61. The summed E-state index contributed by atoms with van der Waals surface area (Å²) in [5.41, 5.74) is 5.63. The number of rotatable bonds is 4. The molecule has 0 saturated heterocycles. The number of hydrogen-bond acceptors (Lipinski definition) is 5. The average molecular weight is 346 g/mol. The van der Waals surface area contributed by atoms with Gasteiger partial charge in [-0.15, -0.1) is 0 Å². The van der Waals surface area contributed by atoms with Crippen LogP contribution in [0.4, 0.5) is 0 Å². The van der Waals surface area contributed by atoms with Crippen molar-refractivity contribution in [1.29, 1.82) is 5.26 Å². The van der Waals surface area contributed by atoms with Gasteiger partial charge in [-0.05, 0) is 42.8 Å². The minimum atomic E-state index is -0.938. The first kappa shape index (κ1) is 16.9. The van der Waals surface area contributed by atoms with Gasteiger partial charge in [0.25, 0.3) is 11.5 Å². The molecule has 0 fully saturated rings. The van der Waals surface area contributed by atoms with E-state index >= 15 is 0 Å². The maximum Gasteiger partial charge on any atom is 0.269 e. The lowest BCUT2D eigenvalue weighted by Crippen LogP contribution is -2.20. The SMILES string of the molecule is Cc1cccc(Oc2nc3ccccn3c(=O)c2/C=C(/C#N)C(N)=O)c1. The van der Waals surface area contributed by atoms with Crippen LogP contribution >= 0.6 is 0 Å². The molecule has 3 aromatic rings. The van der Waals surface area contributed by atoms with Crippen molar-refractivity contribution in [2.24, 2.45) is 5.73 Å². The van der Waals surface area contributed by atoms with Gasteiger partial charge in [-0.2, -0.15) is 10.2 Å². The largest absolute Gasteiger partial charge is 0.438 e. The van der Waals surface area contributed by atoms with E-state index in [1.165, 1.54) is 10.6 Å². The number of benzene rings is 1. The number of nitrogens with zero attached hydrogens (tertiary/aromatic N) is 3. The highest BCUT2D eigenvalue weighted by Gasteiger charge is 2.16. The predicted molar refractivity (Wildman–Crippen MR) is 95.5 cm³/mol. The molecule has 1 amide bonds. The first-order valence-corrected chi connectivity index (χ1v) is 7.67. The van der Waals surface area contributed by atoms with Crippen LogP contribution in [0.25, 0.3) is 11.7 Å². The molecule has 2 heterocycles. The fourth-order valence-corrected chi connectivity index (χ4v) is 2.38. The van der Waals surface area contributed by atoms with Crippen molar-refractivity contribution in [3.63, 3.8) is 0 Å². The van der Waals surface area contributed by atoms with Crippen molar-refractivity contribution in [2.45, 2.75) is 6.92 Å². The molecule has 2 N–H and O–H groups in total. The third kappa shape index (κ3) is 3.30. The van der Waals surface area contributed by atoms with Gasteiger partial charge in [-0.3, -0.25) is 14.0 Å². The molecular weight excluding hydrogens is 332 g/mol. The van der Waals surface area contributed by atoms with Crippen LogP contribution in [0.5, 0.6) is 11.6 Å². The first-order chi connectivity index (χ1) is 12.5. The van der Waals surface area contributed by atoms with Gasteiger partial charge in [0.1, 0.15) is 28.6 Å². The Morgan fingerprint density at radius 1 is 1.31 bits per heavy atom. The third-order valence-electron chi connectivity index (χ3n) is 3.61. The molecule has 0 bridgehead atoms. The van der Waals surface area contributed by atoms with Crippen LogP contribution in [0.3, 0.4) is 0 Å². The Kier molecular flexibility index (Phi) is 4.50. The molecule has 7 nitrogen and oxygen atoms in total. The molecule has 0 aliphatic carbocycles. The molecule has 2 aromatic heterocycles. The summed E-state index contributed by atoms with van der Waals surface area (Å²) in [5, 5.41) is 9.09. The van der Waals surface area contributed by atoms with E-state index in [9.17, 15) is 9.59 Å². The van der Waals surface area contributed by atoms with E-state index in [0.717, 1.165) is 11.6 Å². The smallest absolute Gasteiger partial charge is 0.269 e. The van der Waals surface area contributed by atoms with E-state index in [1.54, 1.807) is 42.5 Å². The molecule has 0 atom stereocenters. The quantitative estimate of drug-likeness (QED) is 0.575. The van der Waals surface area contributed by atoms with Crippen LogP contribution in [-0.4, -0.2) is 15.3 Å². The van der Waals surface area contributed by atoms with Crippen molar-refractivity contribution >= 4 is 17.6 Å². The Balaban J connectivity index is 2.26. The second kappa shape index (κ2) is 6.91. The van der Waals surface area contributed by atoms with Crippen LogP contribution in [-0.2, 0) is 4.79 Å². The number of fused-ring (bicyclic) bond motifs is 1. The zero-order valence-corrected chi connectivity index (χ0v) is 13.8. The van der Waals surface area contributed by atoms with Crippen LogP contribution < -0.4 is 16.0 Å². The summed E-state index contributed by atoms with van der Waals surface area (Å²) in [6.45, 7) is 1.90. The van der Waals surface area contributed by atoms with Gasteiger partial charge in [0.05, 0.1) is 0 Å². The number of pyridine rings is 1. The number of amides is 1. The standard InChI is InChI=1S/C19H14N4O3/c1-12-5-4-6-14(9-12)26-18-15(10-13(11-20)17(21)24)19(25)23-8-3-2-7-16(23)22-18/h2-10H,1H3,(H2,21,24)/b13-10-. The van der Waals surface area contributed by atoms with Crippen molar-refractivity contribution in [3.05, 3.63) is 75.7 Å². The molecule has 0 aliphatic heterocycles. The summed E-state index contributed by atoms with van der Waals surface area (Å²) in [7, 11) is 0. The Morgan fingerprint density at radius 3 is 2.81 bits per heavy atom. The molecule has 7 heteroatoms. The van der Waals surface area contributed by atoms with Gasteiger partial charge in [0.15, 0.2) is 0 Å². The minimum absolute atomic E-state index is 0.0131. The number of nitrogens with two attached hydrogens (primary N) is 1. The van der Waals surface area contributed by atoms with Gasteiger partial charge < -0.3 is 10.5 Å². The number of primary amides is 1. The highest BCUT2D eigenvalue weighted by molar-refractivity contribution is 6.00. The summed E-state index contributed by atoms with van der Waals surface area (Å²) >= 11 is 0. The first-order valence-electron chi connectivity index (χ1n) is 7.67. The Bertz CT molecular complexity index is 1140. The number of nitriles is 1. The molecule has 0 spiro atoms. The number of ether oxygens (including phenoxy) is 1. The van der Waals surface area contributed by atoms with E-state index in [2.05, 4.69) is 4.98 Å². The van der Waals surface area contributed by atoms with Gasteiger partial charge in [0.2, 0.25) is 5.88 Å². The number of hydrogen-bond donors (Lipinski definition) is 1. The maximum absolute atomic E-state index is 12.8. The fourth-order valence-electron chi connectivity index (χ4n) is 2.38. The van der Waals surface area contributed by atoms with Crippen molar-refractivity contribution < 1.29 is 9.53 Å². The topological polar surface area (TPSA) is 110 Å². The van der Waals surface area contributed by atoms with E-state index in [0.29, 0.717) is 11.4 Å². The highest BCUT2D eigenvalue weighted by atomic mass is 16.5. The molecule has 0 unspecified atom stereocenters. The Hall–Kier alpha value is -3.92. The number of carbonyl (C=O) groups excluding carboxylic acids is 1. The highest BCUT2D eigenvalue weighted by Crippen LogP contribution is 2.24. The van der Waals surface area contributed by atoms with Gasteiger partial charge >= 0.3 is 0 Å². The summed E-state index contributed by atoms with van der Waals surface area (Å²) in [6.07, 6.45) is 2.64. The predicted octanol–water partition coefficient (Wildman–Crippen LogP) is 2.19. The second-order valence-corrected chi connectivity index (χ2v) is 5.52. The number of aromatic nitrogens is 2. The fraction of sp³-hybridized carbons (Fsp3) is 0.0526. The van der Waals surface area contributed by atoms with Gasteiger partial charge in [-0.25, -0.2) is 0 Å². The summed E-state index contributed by atoms with van der Waals surface area (Å²) in [6, 6.07) is 13.9. The van der Waals surface area contributed by atoms with Crippen LogP contribution in [0.1, 0.15) is 11.1 Å². The van der Waals surface area contributed by atoms with E-state index in [1.807, 2.05) is 13.0 Å². The summed E-state index contributed by atoms with van der Waals surface area (Å²) in [4.78, 5) is 28.5. The van der Waals surface area contributed by atoms with Crippen molar-refractivity contribution in [3.8, 4) is 17.7 Å². The van der Waals surface area contributed by atoms with Crippen LogP contribution in [0.15, 0.2) is 59.0 Å². The minimum Gasteiger partial charge on any atom is -0.438 e. The molecule has 128 valence electrons. The lowest BCUT2D eigenvalue weighted by molar-refractivity contribution is -0.114. The molecule has 0 saturated carbocycles. The zero-order chi connectivity index (χ0) is 18.7. The number of aryl methyl sites for hydroxylation is 1. The molecule has 3 rings (SSSR count). The lowest BCUT2D eigenvalue weighted by atomic mass is 10.2. The summed E-state index contributed by atoms with van der Waals surface area (Å²) in [5.74, 6) is -0.475. The Morgan fingerprint density at radius 2 is 2.12 bits per heavy atom. The van der Waals surface area contributed by atoms with E-state index in [-0.39, 0.29) is 17.0 Å². The molecular formula is C19H14N4O3. The normalized spacial score (nSPS) is 11.2. The van der Waals surface area contributed by atoms with Gasteiger partial charge in [-0.1, -0.05) is 18.2 Å². The molecule has 0 aliphatic rings. The van der Waals surface area contributed by atoms with Crippen molar-refractivity contribution in [1.82, 2.24) is 9.38 Å². The van der Waals surface area contributed by atoms with Crippen LogP contribution in [0, 0.1) is 18.3 Å². The monoisotopic (exact) mass is 346 g/mol. The molecule has 1 aromatic carbocycles. The lowest BCUT2D eigenvalue weighted by Gasteiger charge is -2.10. The average Bonchev–Trinajstić information content (AvgIpc) is 2.61. The van der Waals surface area contributed by atoms with Crippen LogP contribution in [0.2, 0.25) is 0 Å².